The van der Waals surface area contributed by atoms with Crippen LogP contribution in [0.1, 0.15) is 63.5 Å². The average Bonchev–Trinajstić information content (AvgIpc) is 3.16. The second kappa shape index (κ2) is 8.14. The Morgan fingerprint density at radius 3 is 2.47 bits per heavy atom. The molecule has 0 radical (unpaired) electrons. The molecule has 0 unspecified atom stereocenters. The Kier molecular flexibility index (Phi) is 5.26. The lowest BCUT2D eigenvalue weighted by Gasteiger charge is -2.56. The molecule has 0 spiro atoms. The molecule has 4 aliphatic carbocycles. The number of fused-ring (bicyclic) bond motifs is 1. The van der Waals surface area contributed by atoms with Crippen molar-refractivity contribution >= 4 is 17.4 Å². The number of anilines is 1. The largest absolute Gasteiger partial charge is 0.381 e. The summed E-state index contributed by atoms with van der Waals surface area (Å²) in [6.45, 7) is 2.93. The number of carbonyl (C=O) groups excluding carboxylic acids is 1. The highest BCUT2D eigenvalue weighted by atomic mass is 16.5. The van der Waals surface area contributed by atoms with Gasteiger partial charge in [-0.1, -0.05) is 6.07 Å². The topological polar surface area (TPSA) is 58.9 Å². The molecule has 0 aromatic carbocycles. The Morgan fingerprint density at radius 2 is 1.81 bits per heavy atom. The van der Waals surface area contributed by atoms with Gasteiger partial charge in [-0.05, 0) is 86.7 Å². The minimum atomic E-state index is 0.177. The van der Waals surface area contributed by atoms with Gasteiger partial charge in [-0.15, -0.1) is 0 Å². The van der Waals surface area contributed by atoms with E-state index in [-0.39, 0.29) is 11.3 Å². The van der Waals surface area contributed by atoms with Crippen LogP contribution >= 0.6 is 0 Å². The molecule has 5 aliphatic rings. The van der Waals surface area contributed by atoms with Crippen LogP contribution in [0.15, 0.2) is 24.4 Å². The molecule has 4 bridgehead atoms. The number of methoxy groups -OCH3 is 1. The summed E-state index contributed by atoms with van der Waals surface area (Å²) >= 11 is 0. The number of ether oxygens (including phenoxy) is 1. The first kappa shape index (κ1) is 20.7. The molecule has 3 heterocycles. The van der Waals surface area contributed by atoms with E-state index in [1.165, 1.54) is 38.5 Å². The van der Waals surface area contributed by atoms with Crippen LogP contribution in [0.5, 0.6) is 0 Å². The second-order valence-corrected chi connectivity index (χ2v) is 11.2. The van der Waals surface area contributed by atoms with E-state index in [0.29, 0.717) is 12.5 Å². The van der Waals surface area contributed by atoms with Crippen molar-refractivity contribution in [1.82, 2.24) is 14.3 Å². The molecule has 6 heteroatoms. The molecular formula is C26H36N4O2. The van der Waals surface area contributed by atoms with E-state index < -0.39 is 0 Å². The van der Waals surface area contributed by atoms with Crippen molar-refractivity contribution in [2.45, 2.75) is 70.4 Å². The van der Waals surface area contributed by atoms with Crippen LogP contribution in [-0.4, -0.2) is 46.5 Å². The van der Waals surface area contributed by atoms with E-state index >= 15 is 0 Å². The zero-order valence-corrected chi connectivity index (χ0v) is 19.3. The van der Waals surface area contributed by atoms with Crippen LogP contribution in [0, 0.1) is 23.2 Å². The Bertz CT molecular complexity index is 956. The molecule has 0 atom stereocenters. The second-order valence-electron chi connectivity index (χ2n) is 11.2. The zero-order valence-electron chi connectivity index (χ0n) is 19.3. The minimum absolute atomic E-state index is 0.177. The first-order valence-corrected chi connectivity index (χ1v) is 12.6. The van der Waals surface area contributed by atoms with E-state index in [0.717, 1.165) is 67.4 Å². The number of amides is 1. The first-order chi connectivity index (χ1) is 15.6. The van der Waals surface area contributed by atoms with E-state index in [1.54, 1.807) is 0 Å². The van der Waals surface area contributed by atoms with Crippen molar-refractivity contribution in [3.8, 4) is 0 Å². The van der Waals surface area contributed by atoms with Gasteiger partial charge in [-0.3, -0.25) is 14.1 Å². The van der Waals surface area contributed by atoms with Crippen molar-refractivity contribution in [2.24, 2.45) is 23.2 Å². The molecule has 2 aromatic rings. The zero-order chi connectivity index (χ0) is 21.7. The number of nitrogens with one attached hydrogen (secondary N) is 1. The van der Waals surface area contributed by atoms with Crippen LogP contribution < -0.4 is 5.32 Å². The lowest BCUT2D eigenvalue weighted by molar-refractivity contribution is -0.124. The van der Waals surface area contributed by atoms with E-state index in [2.05, 4.69) is 20.8 Å². The maximum atomic E-state index is 13.2. The summed E-state index contributed by atoms with van der Waals surface area (Å²) in [4.78, 5) is 20.4. The van der Waals surface area contributed by atoms with Gasteiger partial charge < -0.3 is 10.1 Å². The summed E-state index contributed by atoms with van der Waals surface area (Å²) < 4.78 is 7.54. The number of carbonyl (C=O) groups is 1. The quantitative estimate of drug-likeness (QED) is 0.725. The average molecular weight is 437 g/mol. The highest BCUT2D eigenvalue weighted by Gasteiger charge is 2.51. The van der Waals surface area contributed by atoms with Gasteiger partial charge in [0.25, 0.3) is 0 Å². The van der Waals surface area contributed by atoms with Crippen LogP contribution in [-0.2, 0) is 16.1 Å². The van der Waals surface area contributed by atoms with Gasteiger partial charge in [0.05, 0.1) is 11.8 Å². The first-order valence-electron chi connectivity index (χ1n) is 12.6. The van der Waals surface area contributed by atoms with Gasteiger partial charge in [0, 0.05) is 39.4 Å². The summed E-state index contributed by atoms with van der Waals surface area (Å²) in [6, 6.07) is 6.02. The number of pyridine rings is 1. The molecule has 6 nitrogen and oxygen atoms in total. The Hall–Kier alpha value is -1.92. The Labute approximate surface area is 190 Å². The molecule has 4 saturated carbocycles. The van der Waals surface area contributed by atoms with E-state index in [9.17, 15) is 4.79 Å². The van der Waals surface area contributed by atoms with Gasteiger partial charge in [0.2, 0.25) is 5.91 Å². The normalized spacial score (nSPS) is 32.6. The molecule has 32 heavy (non-hydrogen) atoms. The van der Waals surface area contributed by atoms with Crippen LogP contribution in [0.2, 0.25) is 0 Å². The molecular weight excluding hydrogens is 400 g/mol. The highest BCUT2D eigenvalue weighted by Crippen LogP contribution is 2.61. The molecule has 1 saturated heterocycles. The van der Waals surface area contributed by atoms with E-state index in [1.807, 2.05) is 25.3 Å². The lowest BCUT2D eigenvalue weighted by Crippen LogP contribution is -2.47. The molecule has 5 fully saturated rings. The number of rotatable bonds is 6. The highest BCUT2D eigenvalue weighted by molar-refractivity contribution is 5.90. The summed E-state index contributed by atoms with van der Waals surface area (Å²) in [5.74, 6) is 3.65. The maximum absolute atomic E-state index is 13.2. The molecule has 1 amide bonds. The predicted octanol–water partition coefficient (Wildman–Crippen LogP) is 4.49. The maximum Gasteiger partial charge on any atom is 0.226 e. The third kappa shape index (κ3) is 3.96. The third-order valence-corrected chi connectivity index (χ3v) is 8.76. The smallest absolute Gasteiger partial charge is 0.226 e. The number of aromatic nitrogens is 2. The number of piperidine rings is 1. The molecule has 2 aromatic heterocycles. The van der Waals surface area contributed by atoms with Gasteiger partial charge in [-0.25, -0.2) is 4.98 Å². The third-order valence-electron chi connectivity index (χ3n) is 8.76. The van der Waals surface area contributed by atoms with Crippen LogP contribution in [0.3, 0.4) is 0 Å². The number of nitrogens with zero attached hydrogens (tertiary/aromatic N) is 3. The molecule has 1 N–H and O–H groups in total. The predicted molar refractivity (Wildman–Crippen MR) is 124 cm³/mol. The van der Waals surface area contributed by atoms with Gasteiger partial charge in [0.1, 0.15) is 11.5 Å². The van der Waals surface area contributed by atoms with Crippen LogP contribution in [0.25, 0.3) is 5.65 Å². The SMILES string of the molecule is COC1CCN(Cc2cn3c(NC(=O)CC45CC6CC(CC(C6)C4)C5)cccc3n2)CC1. The van der Waals surface area contributed by atoms with Crippen molar-refractivity contribution in [2.75, 3.05) is 25.5 Å². The number of hydrogen-bond donors (Lipinski definition) is 1. The summed E-state index contributed by atoms with van der Waals surface area (Å²) in [5.41, 5.74) is 2.23. The Morgan fingerprint density at radius 1 is 1.12 bits per heavy atom. The number of likely N-dealkylation sites (tertiary alicyclic amines) is 1. The van der Waals surface area contributed by atoms with Crippen molar-refractivity contribution in [3.63, 3.8) is 0 Å². The summed E-state index contributed by atoms with van der Waals surface area (Å²) in [5, 5.41) is 3.24. The molecule has 172 valence electrons. The lowest BCUT2D eigenvalue weighted by atomic mass is 9.49. The van der Waals surface area contributed by atoms with Gasteiger partial charge in [-0.2, -0.15) is 0 Å². The fraction of sp³-hybridized carbons (Fsp3) is 0.692. The van der Waals surface area contributed by atoms with Crippen molar-refractivity contribution in [1.29, 1.82) is 0 Å². The molecule has 1 aliphatic heterocycles. The van der Waals surface area contributed by atoms with Gasteiger partial charge >= 0.3 is 0 Å². The van der Waals surface area contributed by atoms with Crippen molar-refractivity contribution in [3.05, 3.63) is 30.1 Å². The summed E-state index contributed by atoms with van der Waals surface area (Å²) in [7, 11) is 1.81. The minimum Gasteiger partial charge on any atom is -0.381 e. The fourth-order valence-electron chi connectivity index (χ4n) is 7.81. The van der Waals surface area contributed by atoms with Crippen LogP contribution in [0.4, 0.5) is 5.82 Å². The Balaban J connectivity index is 1.13. The fourth-order valence-corrected chi connectivity index (χ4v) is 7.81. The molecule has 7 rings (SSSR count). The monoisotopic (exact) mass is 436 g/mol. The number of hydrogen-bond acceptors (Lipinski definition) is 4. The van der Waals surface area contributed by atoms with Gasteiger partial charge in [0.15, 0.2) is 0 Å². The van der Waals surface area contributed by atoms with Crippen molar-refractivity contribution < 1.29 is 9.53 Å². The van der Waals surface area contributed by atoms with E-state index in [4.69, 9.17) is 9.72 Å². The number of imidazole rings is 1. The summed E-state index contributed by atoms with van der Waals surface area (Å²) in [6.07, 6.45) is 13.4. The standard InChI is InChI=1S/C26H36N4O2/c1-32-22-5-7-29(8-6-22)16-21-17-30-23(27-21)3-2-4-24(30)28-25(31)15-26-12-18-9-19(13-26)11-20(10-18)14-26/h2-4,17-20,22H,5-16H2,1H3,(H,28,31).